The van der Waals surface area contributed by atoms with Crippen LogP contribution in [0.2, 0.25) is 0 Å². The fraction of sp³-hybridized carbons (Fsp3) is 1.00. The van der Waals surface area contributed by atoms with E-state index < -0.39 is 0 Å². The minimum Gasteiger partial charge on any atom is -0.382 e. The number of rotatable bonds is 10. The first-order chi connectivity index (χ1) is 8.97. The van der Waals surface area contributed by atoms with E-state index in [2.05, 4.69) is 26.1 Å². The van der Waals surface area contributed by atoms with Crippen molar-refractivity contribution in [2.45, 2.75) is 57.6 Å². The highest BCUT2D eigenvalue weighted by Gasteiger charge is 2.37. The number of hydrogen-bond donors (Lipinski definition) is 1. The lowest BCUT2D eigenvalue weighted by atomic mass is 9.77. The molecule has 0 aromatic heterocycles. The molecule has 0 aromatic carbocycles. The first-order valence-electron chi connectivity index (χ1n) is 7.43. The van der Waals surface area contributed by atoms with Crippen LogP contribution in [-0.2, 0) is 14.2 Å². The van der Waals surface area contributed by atoms with Gasteiger partial charge >= 0.3 is 0 Å². The highest BCUT2D eigenvalue weighted by atomic mass is 16.5. The predicted octanol–water partition coefficient (Wildman–Crippen LogP) is 2.37. The van der Waals surface area contributed by atoms with Crippen LogP contribution in [0.1, 0.15) is 46.5 Å². The number of hydrogen-bond acceptors (Lipinski definition) is 4. The molecule has 0 bridgehead atoms. The molecular formula is C15H31NO3. The van der Waals surface area contributed by atoms with Crippen LogP contribution < -0.4 is 5.32 Å². The van der Waals surface area contributed by atoms with E-state index in [0.717, 1.165) is 13.0 Å². The van der Waals surface area contributed by atoms with Crippen molar-refractivity contribution in [1.82, 2.24) is 5.32 Å². The molecule has 0 heterocycles. The molecule has 1 N–H and O–H groups in total. The van der Waals surface area contributed by atoms with Gasteiger partial charge in [-0.05, 0) is 53.0 Å². The normalized spacial score (nSPS) is 18.3. The molecule has 1 aliphatic rings. The summed E-state index contributed by atoms with van der Waals surface area (Å²) >= 11 is 0. The largest absolute Gasteiger partial charge is 0.382 e. The van der Waals surface area contributed by atoms with Gasteiger partial charge in [0.2, 0.25) is 0 Å². The Kier molecular flexibility index (Phi) is 7.29. The Morgan fingerprint density at radius 2 is 1.74 bits per heavy atom. The molecule has 4 heteroatoms. The molecule has 4 nitrogen and oxygen atoms in total. The summed E-state index contributed by atoms with van der Waals surface area (Å²) in [6.45, 7) is 10.3. The van der Waals surface area contributed by atoms with Gasteiger partial charge in [-0.25, -0.2) is 0 Å². The molecule has 19 heavy (non-hydrogen) atoms. The highest BCUT2D eigenvalue weighted by Crippen LogP contribution is 2.38. The number of ether oxygens (including phenoxy) is 3. The van der Waals surface area contributed by atoms with E-state index in [1.807, 2.05) is 0 Å². The molecule has 1 fully saturated rings. The third-order valence-electron chi connectivity index (χ3n) is 3.57. The highest BCUT2D eigenvalue weighted by molar-refractivity contribution is 4.91. The molecule has 0 unspecified atom stereocenters. The van der Waals surface area contributed by atoms with Gasteiger partial charge in [0.15, 0.2) is 0 Å². The smallest absolute Gasteiger partial charge is 0.0708 e. The van der Waals surface area contributed by atoms with E-state index in [0.29, 0.717) is 26.4 Å². The Morgan fingerprint density at radius 1 is 1.05 bits per heavy atom. The molecule has 114 valence electrons. The fourth-order valence-corrected chi connectivity index (χ4v) is 2.26. The zero-order valence-corrected chi connectivity index (χ0v) is 13.1. The quantitative estimate of drug-likeness (QED) is 0.620. The zero-order valence-electron chi connectivity index (χ0n) is 13.1. The maximum Gasteiger partial charge on any atom is 0.0708 e. The van der Waals surface area contributed by atoms with E-state index in [-0.39, 0.29) is 11.1 Å². The second kappa shape index (κ2) is 8.20. The average molecular weight is 273 g/mol. The van der Waals surface area contributed by atoms with Crippen LogP contribution in [0, 0.1) is 0 Å². The van der Waals surface area contributed by atoms with Gasteiger partial charge < -0.3 is 19.5 Å². The Morgan fingerprint density at radius 3 is 2.26 bits per heavy atom. The van der Waals surface area contributed by atoms with E-state index in [1.54, 1.807) is 7.11 Å². The lowest BCUT2D eigenvalue weighted by Crippen LogP contribution is -2.46. The first-order valence-corrected chi connectivity index (χ1v) is 7.43. The number of nitrogens with one attached hydrogen (secondary N) is 1. The Labute approximate surface area is 118 Å². The molecule has 1 saturated carbocycles. The van der Waals surface area contributed by atoms with Gasteiger partial charge in [0.25, 0.3) is 0 Å². The fourth-order valence-electron chi connectivity index (χ4n) is 2.26. The third-order valence-corrected chi connectivity index (χ3v) is 3.57. The van der Waals surface area contributed by atoms with Crippen molar-refractivity contribution in [1.29, 1.82) is 0 Å². The minimum absolute atomic E-state index is 0.114. The molecule has 0 atom stereocenters. The lowest BCUT2D eigenvalue weighted by molar-refractivity contribution is -0.119. The molecule has 0 spiro atoms. The summed E-state index contributed by atoms with van der Waals surface area (Å²) in [6, 6.07) is 0. The predicted molar refractivity (Wildman–Crippen MR) is 77.6 cm³/mol. The molecular weight excluding hydrogens is 242 g/mol. The van der Waals surface area contributed by atoms with E-state index in [1.165, 1.54) is 19.3 Å². The van der Waals surface area contributed by atoms with Crippen molar-refractivity contribution in [3.8, 4) is 0 Å². The molecule has 0 aliphatic heterocycles. The Bertz CT molecular complexity index is 234. The van der Waals surface area contributed by atoms with Gasteiger partial charge in [-0.3, -0.25) is 0 Å². The van der Waals surface area contributed by atoms with Crippen molar-refractivity contribution >= 4 is 0 Å². The average Bonchev–Trinajstić information content (AvgIpc) is 2.27. The second-order valence-electron chi connectivity index (χ2n) is 6.42. The van der Waals surface area contributed by atoms with Gasteiger partial charge in [0, 0.05) is 12.6 Å². The third kappa shape index (κ3) is 7.25. The van der Waals surface area contributed by atoms with Gasteiger partial charge in [0.05, 0.1) is 32.0 Å². The standard InChI is InChI=1S/C15H31NO3/c1-14(2,3)16-9-8-15(6-5-7-15)19-13-12-18-11-10-17-4/h16H,5-13H2,1-4H3. The Balaban J connectivity index is 2.10. The van der Waals surface area contributed by atoms with Crippen LogP contribution in [-0.4, -0.2) is 51.2 Å². The lowest BCUT2D eigenvalue weighted by Gasteiger charge is -2.42. The van der Waals surface area contributed by atoms with Crippen molar-refractivity contribution in [3.05, 3.63) is 0 Å². The van der Waals surface area contributed by atoms with Crippen LogP contribution >= 0.6 is 0 Å². The van der Waals surface area contributed by atoms with Crippen molar-refractivity contribution in [2.75, 3.05) is 40.1 Å². The summed E-state index contributed by atoms with van der Waals surface area (Å²) in [5.74, 6) is 0. The maximum absolute atomic E-state index is 6.05. The van der Waals surface area contributed by atoms with Gasteiger partial charge in [-0.15, -0.1) is 0 Å². The van der Waals surface area contributed by atoms with Crippen LogP contribution in [0.15, 0.2) is 0 Å². The van der Waals surface area contributed by atoms with Crippen LogP contribution in [0.25, 0.3) is 0 Å². The first kappa shape index (κ1) is 16.9. The molecule has 0 saturated heterocycles. The molecule has 0 aromatic rings. The number of methoxy groups -OCH3 is 1. The van der Waals surface area contributed by atoms with Gasteiger partial charge in [-0.1, -0.05) is 0 Å². The second-order valence-corrected chi connectivity index (χ2v) is 6.42. The van der Waals surface area contributed by atoms with Crippen LogP contribution in [0.4, 0.5) is 0 Å². The summed E-state index contributed by atoms with van der Waals surface area (Å²) in [4.78, 5) is 0. The van der Waals surface area contributed by atoms with E-state index in [9.17, 15) is 0 Å². The Hall–Kier alpha value is -0.160. The molecule has 1 aliphatic carbocycles. The minimum atomic E-state index is 0.114. The SMILES string of the molecule is COCCOCCOC1(CCNC(C)(C)C)CCC1. The van der Waals surface area contributed by atoms with Crippen molar-refractivity contribution < 1.29 is 14.2 Å². The summed E-state index contributed by atoms with van der Waals surface area (Å²) < 4.78 is 16.4. The summed E-state index contributed by atoms with van der Waals surface area (Å²) in [6.07, 6.45) is 4.77. The van der Waals surface area contributed by atoms with Crippen molar-refractivity contribution in [2.24, 2.45) is 0 Å². The zero-order chi connectivity index (χ0) is 14.2. The van der Waals surface area contributed by atoms with E-state index in [4.69, 9.17) is 14.2 Å². The monoisotopic (exact) mass is 273 g/mol. The summed E-state index contributed by atoms with van der Waals surface area (Å²) in [5.41, 5.74) is 0.303. The molecule has 0 amide bonds. The van der Waals surface area contributed by atoms with Crippen LogP contribution in [0.5, 0.6) is 0 Å². The van der Waals surface area contributed by atoms with Crippen LogP contribution in [0.3, 0.4) is 0 Å². The van der Waals surface area contributed by atoms with Gasteiger partial charge in [-0.2, -0.15) is 0 Å². The van der Waals surface area contributed by atoms with Crippen molar-refractivity contribution in [3.63, 3.8) is 0 Å². The summed E-state index contributed by atoms with van der Waals surface area (Å²) in [7, 11) is 1.69. The molecule has 1 rings (SSSR count). The summed E-state index contributed by atoms with van der Waals surface area (Å²) in [5, 5.41) is 3.54. The molecule has 0 radical (unpaired) electrons. The topological polar surface area (TPSA) is 39.7 Å². The van der Waals surface area contributed by atoms with E-state index >= 15 is 0 Å². The maximum atomic E-state index is 6.05. The van der Waals surface area contributed by atoms with Gasteiger partial charge in [0.1, 0.15) is 0 Å².